The van der Waals surface area contributed by atoms with Crippen molar-refractivity contribution >= 4 is 0 Å². The summed E-state index contributed by atoms with van der Waals surface area (Å²) in [5.74, 6) is 0. The fourth-order valence-electron chi connectivity index (χ4n) is 3.03. The number of nitrogens with zero attached hydrogens (tertiary/aromatic N) is 2. The summed E-state index contributed by atoms with van der Waals surface area (Å²) in [4.78, 5) is 4.91. The molecule has 94 valence electrons. The Morgan fingerprint density at radius 3 is 2.29 bits per heavy atom. The topological polar surface area (TPSA) is 6.48 Å². The molecule has 2 heteroatoms. The van der Waals surface area contributed by atoms with Crippen LogP contribution in [0.2, 0.25) is 0 Å². The molecular weight excluding hydrogens is 208 g/mol. The predicted octanol–water partition coefficient (Wildman–Crippen LogP) is 2.60. The lowest BCUT2D eigenvalue weighted by molar-refractivity contribution is 0.147. The normalized spacial score (nSPS) is 24.8. The van der Waals surface area contributed by atoms with Gasteiger partial charge in [0.25, 0.3) is 0 Å². The zero-order chi connectivity index (χ0) is 12.3. The predicted molar refractivity (Wildman–Crippen MR) is 73.0 cm³/mol. The molecule has 1 saturated carbocycles. The quantitative estimate of drug-likeness (QED) is 0.787. The van der Waals surface area contributed by atoms with E-state index >= 15 is 0 Å². The van der Waals surface area contributed by atoms with Gasteiger partial charge in [0.15, 0.2) is 0 Å². The molecule has 2 atom stereocenters. The second-order valence-electron chi connectivity index (χ2n) is 5.43. The minimum absolute atomic E-state index is 0.713. The second-order valence-corrected chi connectivity index (χ2v) is 5.43. The number of benzene rings is 1. The lowest BCUT2D eigenvalue weighted by atomic mass is 10.1. The molecule has 0 aliphatic heterocycles. The Labute approximate surface area is 105 Å². The summed E-state index contributed by atoms with van der Waals surface area (Å²) in [5, 5.41) is 0. The monoisotopic (exact) mass is 232 g/mol. The van der Waals surface area contributed by atoms with Crippen molar-refractivity contribution in [1.29, 1.82) is 0 Å². The van der Waals surface area contributed by atoms with Gasteiger partial charge in [0.1, 0.15) is 0 Å². The molecule has 0 saturated heterocycles. The molecule has 1 aromatic rings. The molecule has 0 amide bonds. The summed E-state index contributed by atoms with van der Waals surface area (Å²) >= 11 is 0. The maximum absolute atomic E-state index is 2.52. The molecule has 0 aromatic heterocycles. The van der Waals surface area contributed by atoms with Gasteiger partial charge in [0.05, 0.1) is 0 Å². The Balaban J connectivity index is 1.98. The lowest BCUT2D eigenvalue weighted by Crippen LogP contribution is -2.44. The first-order valence-electron chi connectivity index (χ1n) is 6.59. The van der Waals surface area contributed by atoms with E-state index in [1.807, 2.05) is 0 Å². The number of likely N-dealkylation sites (N-methyl/N-ethyl adjacent to an activating group) is 2. The van der Waals surface area contributed by atoms with Crippen LogP contribution in [0.5, 0.6) is 0 Å². The highest BCUT2D eigenvalue weighted by atomic mass is 15.2. The fraction of sp³-hybridized carbons (Fsp3) is 0.600. The van der Waals surface area contributed by atoms with E-state index in [1.165, 1.54) is 24.8 Å². The first-order valence-corrected chi connectivity index (χ1v) is 6.59. The van der Waals surface area contributed by atoms with Crippen molar-refractivity contribution in [2.75, 3.05) is 21.1 Å². The summed E-state index contributed by atoms with van der Waals surface area (Å²) < 4.78 is 0. The molecule has 1 aromatic carbocycles. The van der Waals surface area contributed by atoms with Gasteiger partial charge in [0, 0.05) is 18.6 Å². The average Bonchev–Trinajstić information content (AvgIpc) is 2.79. The van der Waals surface area contributed by atoms with Crippen LogP contribution in [0.1, 0.15) is 24.8 Å². The Morgan fingerprint density at radius 2 is 1.65 bits per heavy atom. The van der Waals surface area contributed by atoms with Crippen molar-refractivity contribution in [2.24, 2.45) is 0 Å². The van der Waals surface area contributed by atoms with Gasteiger partial charge in [0.2, 0.25) is 0 Å². The van der Waals surface area contributed by atoms with Crippen LogP contribution in [-0.4, -0.2) is 43.0 Å². The van der Waals surface area contributed by atoms with Crippen LogP contribution >= 0.6 is 0 Å². The lowest BCUT2D eigenvalue weighted by Gasteiger charge is -2.33. The highest BCUT2D eigenvalue weighted by Gasteiger charge is 2.31. The molecular formula is C15H24N2. The van der Waals surface area contributed by atoms with Crippen LogP contribution in [-0.2, 0) is 6.54 Å². The van der Waals surface area contributed by atoms with E-state index in [0.717, 1.165) is 12.6 Å². The minimum Gasteiger partial charge on any atom is -0.305 e. The van der Waals surface area contributed by atoms with E-state index in [4.69, 9.17) is 0 Å². The van der Waals surface area contributed by atoms with Crippen molar-refractivity contribution in [3.05, 3.63) is 35.9 Å². The van der Waals surface area contributed by atoms with Crippen molar-refractivity contribution in [3.63, 3.8) is 0 Å². The molecule has 0 N–H and O–H groups in total. The van der Waals surface area contributed by atoms with Crippen LogP contribution in [0.15, 0.2) is 30.3 Å². The average molecular weight is 232 g/mol. The second kappa shape index (κ2) is 5.65. The first-order chi connectivity index (χ1) is 8.18. The third kappa shape index (κ3) is 3.08. The van der Waals surface area contributed by atoms with Gasteiger partial charge in [-0.05, 0) is 39.5 Å². The summed E-state index contributed by atoms with van der Waals surface area (Å²) in [6.45, 7) is 1.07. The molecule has 0 bridgehead atoms. The van der Waals surface area contributed by atoms with Crippen molar-refractivity contribution in [1.82, 2.24) is 9.80 Å². The van der Waals surface area contributed by atoms with Gasteiger partial charge < -0.3 is 4.90 Å². The highest BCUT2D eigenvalue weighted by molar-refractivity contribution is 5.14. The van der Waals surface area contributed by atoms with Gasteiger partial charge in [-0.2, -0.15) is 0 Å². The van der Waals surface area contributed by atoms with E-state index in [1.54, 1.807) is 0 Å². The molecule has 0 heterocycles. The van der Waals surface area contributed by atoms with Gasteiger partial charge in [-0.15, -0.1) is 0 Å². The van der Waals surface area contributed by atoms with E-state index in [-0.39, 0.29) is 0 Å². The van der Waals surface area contributed by atoms with Crippen LogP contribution in [0.25, 0.3) is 0 Å². The minimum atomic E-state index is 0.713. The largest absolute Gasteiger partial charge is 0.305 e. The zero-order valence-corrected chi connectivity index (χ0v) is 11.3. The summed E-state index contributed by atoms with van der Waals surface area (Å²) in [6.07, 6.45) is 4.05. The Morgan fingerprint density at radius 1 is 1.00 bits per heavy atom. The zero-order valence-electron chi connectivity index (χ0n) is 11.3. The van der Waals surface area contributed by atoms with Crippen molar-refractivity contribution in [2.45, 2.75) is 37.9 Å². The molecule has 2 rings (SSSR count). The van der Waals surface area contributed by atoms with Crippen LogP contribution in [0.3, 0.4) is 0 Å². The third-order valence-corrected chi connectivity index (χ3v) is 3.95. The number of hydrogen-bond donors (Lipinski definition) is 0. The van der Waals surface area contributed by atoms with Gasteiger partial charge in [-0.1, -0.05) is 36.8 Å². The van der Waals surface area contributed by atoms with Crippen molar-refractivity contribution in [3.8, 4) is 0 Å². The van der Waals surface area contributed by atoms with Gasteiger partial charge in [-0.25, -0.2) is 0 Å². The third-order valence-electron chi connectivity index (χ3n) is 3.95. The summed E-state index contributed by atoms with van der Waals surface area (Å²) in [5.41, 5.74) is 1.42. The molecule has 17 heavy (non-hydrogen) atoms. The standard InChI is InChI=1S/C15H24N2/c1-16(2)14-10-7-11-15(14)17(3)12-13-8-5-4-6-9-13/h4-6,8-9,14-15H,7,10-12H2,1-3H3/t14-,15-/m1/s1. The van der Waals surface area contributed by atoms with E-state index < -0.39 is 0 Å². The van der Waals surface area contributed by atoms with Crippen LogP contribution in [0.4, 0.5) is 0 Å². The van der Waals surface area contributed by atoms with E-state index in [2.05, 4.69) is 61.3 Å². The Kier molecular flexibility index (Phi) is 4.19. The van der Waals surface area contributed by atoms with Gasteiger partial charge in [-0.3, -0.25) is 4.90 Å². The molecule has 0 spiro atoms. The summed E-state index contributed by atoms with van der Waals surface area (Å²) in [7, 11) is 6.68. The molecule has 0 radical (unpaired) electrons. The maximum atomic E-state index is 2.52. The van der Waals surface area contributed by atoms with E-state index in [0.29, 0.717) is 6.04 Å². The number of rotatable bonds is 4. The molecule has 1 aliphatic rings. The molecule has 0 unspecified atom stereocenters. The molecule has 1 fully saturated rings. The fourth-order valence-corrected chi connectivity index (χ4v) is 3.03. The first kappa shape index (κ1) is 12.6. The molecule has 1 aliphatic carbocycles. The maximum Gasteiger partial charge on any atom is 0.0251 e. The van der Waals surface area contributed by atoms with Crippen LogP contribution < -0.4 is 0 Å². The molecule has 2 nitrogen and oxygen atoms in total. The van der Waals surface area contributed by atoms with Crippen LogP contribution in [0, 0.1) is 0 Å². The number of hydrogen-bond acceptors (Lipinski definition) is 2. The SMILES string of the molecule is CN(C)[C@@H]1CCC[C@H]1N(C)Cc1ccccc1. The Bertz CT molecular complexity index is 334. The highest BCUT2D eigenvalue weighted by Crippen LogP contribution is 2.27. The Hall–Kier alpha value is -0.860. The summed E-state index contributed by atoms with van der Waals surface area (Å²) in [6, 6.07) is 12.2. The van der Waals surface area contributed by atoms with Crippen molar-refractivity contribution < 1.29 is 0 Å². The van der Waals surface area contributed by atoms with E-state index in [9.17, 15) is 0 Å². The van der Waals surface area contributed by atoms with Gasteiger partial charge >= 0.3 is 0 Å². The smallest absolute Gasteiger partial charge is 0.0251 e.